The molecule has 2 heterocycles. The number of carbonyl (C=O) groups is 6. The second-order valence-corrected chi connectivity index (χ2v) is 14.5. The number of Topliss-reactive ketones (excluding diaryl/α,β-unsaturated/α-hetero) is 1. The number of ketones is 1. The predicted octanol–water partition coefficient (Wildman–Crippen LogP) is 1.77. The van der Waals surface area contributed by atoms with Crippen LogP contribution in [0.4, 0.5) is 8.78 Å². The van der Waals surface area contributed by atoms with E-state index in [-0.39, 0.29) is 36.0 Å². The molecule has 1 aliphatic heterocycles. The van der Waals surface area contributed by atoms with Gasteiger partial charge in [0.1, 0.15) is 23.8 Å². The van der Waals surface area contributed by atoms with Gasteiger partial charge in [-0.15, -0.1) is 0 Å². The van der Waals surface area contributed by atoms with Gasteiger partial charge in [-0.2, -0.15) is 0 Å². The Labute approximate surface area is 279 Å². The summed E-state index contributed by atoms with van der Waals surface area (Å²) >= 11 is 0. The van der Waals surface area contributed by atoms with Gasteiger partial charge in [-0.1, -0.05) is 41.0 Å². The Balaban J connectivity index is 1.54. The van der Waals surface area contributed by atoms with Crippen molar-refractivity contribution in [1.82, 2.24) is 36.1 Å². The number of hydrogen-bond acceptors (Lipinski definition) is 8. The Morgan fingerprint density at radius 3 is 2.25 bits per heavy atom. The molecule has 0 aromatic carbocycles. The number of halogens is 2. The summed E-state index contributed by atoms with van der Waals surface area (Å²) in [6.45, 7) is 9.02. The van der Waals surface area contributed by atoms with Crippen molar-refractivity contribution < 1.29 is 37.5 Å². The molecule has 2 saturated carbocycles. The van der Waals surface area contributed by atoms with Crippen molar-refractivity contribution in [3.05, 3.63) is 24.3 Å². The number of nitrogens with one attached hydrogen (secondary N) is 4. The Morgan fingerprint density at radius 2 is 1.67 bits per heavy atom. The van der Waals surface area contributed by atoms with Gasteiger partial charge in [-0.3, -0.25) is 33.8 Å². The topological polar surface area (TPSA) is 180 Å². The van der Waals surface area contributed by atoms with Crippen molar-refractivity contribution in [2.75, 3.05) is 6.54 Å². The van der Waals surface area contributed by atoms with Crippen molar-refractivity contribution in [2.45, 2.75) is 116 Å². The summed E-state index contributed by atoms with van der Waals surface area (Å²) in [7, 11) is 0. The van der Waals surface area contributed by atoms with Crippen molar-refractivity contribution in [3.8, 4) is 0 Å². The van der Waals surface area contributed by atoms with Crippen LogP contribution in [0.25, 0.3) is 0 Å². The normalized spacial score (nSPS) is 22.4. The second-order valence-electron chi connectivity index (χ2n) is 14.5. The van der Waals surface area contributed by atoms with Gasteiger partial charge in [0, 0.05) is 31.4 Å². The van der Waals surface area contributed by atoms with Gasteiger partial charge in [0.2, 0.25) is 29.9 Å². The summed E-state index contributed by atoms with van der Waals surface area (Å²) in [6, 6.07) is -4.80. The van der Waals surface area contributed by atoms with Crippen LogP contribution in [0.3, 0.4) is 0 Å². The molecule has 3 unspecified atom stereocenters. The van der Waals surface area contributed by atoms with Crippen LogP contribution in [0.15, 0.2) is 18.6 Å². The molecule has 13 nitrogen and oxygen atoms in total. The minimum atomic E-state index is -2.75. The van der Waals surface area contributed by atoms with Crippen LogP contribution in [-0.4, -0.2) is 93.4 Å². The lowest BCUT2D eigenvalue weighted by molar-refractivity contribution is -0.146. The molecule has 1 aromatic heterocycles. The maximum Gasteiger partial charge on any atom is 0.289 e. The number of fused-ring (bicyclic) bond motifs is 1. The standard InChI is InChI=1S/C33H47F2N7O6/c1-17(2)24(40-28(44)22-15-36-13-14-37-22)29(45)41-27(33(3,4)5)32(48)42-16-18-7-6-8-20(18)25(42)30(46)39-21(11-12-23(34)35)26(43)31(47)38-19-9-10-19/h13-15,17-21,23-25,27H,6-12,16H2,1-5H3,(H,38,47)(H,39,46)(H,40,44)(H,41,45)/t18-,20-,21?,24?,25-,27?/m0/s1. The summed E-state index contributed by atoms with van der Waals surface area (Å²) in [5.41, 5.74) is -0.814. The van der Waals surface area contributed by atoms with E-state index in [1.165, 1.54) is 23.5 Å². The van der Waals surface area contributed by atoms with Gasteiger partial charge in [-0.25, -0.2) is 13.8 Å². The van der Waals surface area contributed by atoms with Crippen LogP contribution in [0.2, 0.25) is 0 Å². The third-order valence-electron chi connectivity index (χ3n) is 9.32. The fourth-order valence-corrected chi connectivity index (χ4v) is 6.54. The Hall–Kier alpha value is -4.04. The van der Waals surface area contributed by atoms with Gasteiger partial charge in [0.05, 0.1) is 12.2 Å². The molecule has 1 aromatic rings. The van der Waals surface area contributed by atoms with E-state index < -0.39 is 84.2 Å². The lowest BCUT2D eigenvalue weighted by atomic mass is 9.85. The fourth-order valence-electron chi connectivity index (χ4n) is 6.54. The zero-order valence-electron chi connectivity index (χ0n) is 28.1. The zero-order chi connectivity index (χ0) is 35.3. The van der Waals surface area contributed by atoms with Crippen LogP contribution in [-0.2, 0) is 24.0 Å². The Bertz CT molecular complexity index is 1370. The van der Waals surface area contributed by atoms with E-state index in [9.17, 15) is 37.5 Å². The zero-order valence-corrected chi connectivity index (χ0v) is 28.1. The first-order valence-corrected chi connectivity index (χ1v) is 16.7. The highest BCUT2D eigenvalue weighted by Crippen LogP contribution is 2.43. The van der Waals surface area contributed by atoms with Crippen LogP contribution in [0.5, 0.6) is 0 Å². The molecule has 264 valence electrons. The van der Waals surface area contributed by atoms with Gasteiger partial charge in [0.25, 0.3) is 11.8 Å². The smallest absolute Gasteiger partial charge is 0.289 e. The van der Waals surface area contributed by atoms with Crippen molar-refractivity contribution in [2.24, 2.45) is 23.2 Å². The first-order valence-electron chi connectivity index (χ1n) is 16.7. The van der Waals surface area contributed by atoms with Crippen LogP contribution >= 0.6 is 0 Å². The highest BCUT2D eigenvalue weighted by molar-refractivity contribution is 6.38. The van der Waals surface area contributed by atoms with Gasteiger partial charge >= 0.3 is 0 Å². The minimum absolute atomic E-state index is 0.0101. The molecule has 2 aliphatic carbocycles. The van der Waals surface area contributed by atoms with E-state index in [0.717, 1.165) is 12.8 Å². The molecule has 1 saturated heterocycles. The molecular weight excluding hydrogens is 628 g/mol. The SMILES string of the molecule is CC(C)C(NC(=O)c1cnccn1)C(=O)NC(C(=O)N1C[C@@H]2CCC[C@@H]2[C@H]1C(=O)NC(CCC(F)F)C(=O)C(=O)NC1CC1)C(C)(C)C. The van der Waals surface area contributed by atoms with Crippen LogP contribution in [0, 0.1) is 23.2 Å². The maximum absolute atomic E-state index is 14.4. The van der Waals surface area contributed by atoms with Gasteiger partial charge in [-0.05, 0) is 55.3 Å². The summed E-state index contributed by atoms with van der Waals surface area (Å²) in [4.78, 5) is 89.7. The van der Waals surface area contributed by atoms with Crippen molar-refractivity contribution in [1.29, 1.82) is 0 Å². The second kappa shape index (κ2) is 15.5. The largest absolute Gasteiger partial charge is 0.347 e. The molecule has 15 heteroatoms. The molecule has 4 rings (SSSR count). The molecule has 4 N–H and O–H groups in total. The molecule has 0 radical (unpaired) electrons. The lowest BCUT2D eigenvalue weighted by Crippen LogP contribution is -2.62. The highest BCUT2D eigenvalue weighted by atomic mass is 19.3. The summed E-state index contributed by atoms with van der Waals surface area (Å²) in [5.74, 6) is -4.98. The average Bonchev–Trinajstić information content (AvgIpc) is 3.59. The molecular formula is C33H47F2N7O6. The number of hydrogen-bond donors (Lipinski definition) is 4. The van der Waals surface area contributed by atoms with Crippen molar-refractivity contribution >= 4 is 35.3 Å². The first kappa shape index (κ1) is 36.8. The number of alkyl halides is 2. The van der Waals surface area contributed by atoms with Gasteiger partial charge < -0.3 is 26.2 Å². The quantitative estimate of drug-likeness (QED) is 0.216. The van der Waals surface area contributed by atoms with E-state index >= 15 is 0 Å². The van der Waals surface area contributed by atoms with E-state index in [1.807, 2.05) is 0 Å². The number of carbonyl (C=O) groups excluding carboxylic acids is 6. The fraction of sp³-hybridized carbons (Fsp3) is 0.697. The summed E-state index contributed by atoms with van der Waals surface area (Å²) in [6.07, 6.45) is 3.83. The van der Waals surface area contributed by atoms with E-state index in [1.54, 1.807) is 34.6 Å². The molecule has 3 fully saturated rings. The van der Waals surface area contributed by atoms with Crippen LogP contribution < -0.4 is 21.3 Å². The number of rotatable bonds is 14. The minimum Gasteiger partial charge on any atom is -0.347 e. The number of amides is 5. The molecule has 48 heavy (non-hydrogen) atoms. The molecule has 6 atom stereocenters. The summed E-state index contributed by atoms with van der Waals surface area (Å²) < 4.78 is 26.4. The number of likely N-dealkylation sites (tertiary alicyclic amines) is 1. The third kappa shape index (κ3) is 9.10. The number of nitrogens with zero attached hydrogens (tertiary/aromatic N) is 3. The molecule has 0 bridgehead atoms. The Morgan fingerprint density at radius 1 is 0.958 bits per heavy atom. The number of aromatic nitrogens is 2. The first-order chi connectivity index (χ1) is 22.6. The van der Waals surface area contributed by atoms with Gasteiger partial charge in [0.15, 0.2) is 0 Å². The maximum atomic E-state index is 14.4. The van der Waals surface area contributed by atoms with Crippen LogP contribution in [0.1, 0.15) is 90.1 Å². The predicted molar refractivity (Wildman–Crippen MR) is 169 cm³/mol. The lowest BCUT2D eigenvalue weighted by Gasteiger charge is -2.37. The van der Waals surface area contributed by atoms with E-state index in [0.29, 0.717) is 19.3 Å². The van der Waals surface area contributed by atoms with E-state index in [2.05, 4.69) is 31.2 Å². The molecule has 5 amide bonds. The van der Waals surface area contributed by atoms with E-state index in [4.69, 9.17) is 0 Å². The summed E-state index contributed by atoms with van der Waals surface area (Å²) in [5, 5.41) is 10.6. The monoisotopic (exact) mass is 675 g/mol. The Kier molecular flexibility index (Phi) is 11.8. The molecule has 0 spiro atoms. The third-order valence-corrected chi connectivity index (χ3v) is 9.32. The highest BCUT2D eigenvalue weighted by Gasteiger charge is 2.52. The average molecular weight is 676 g/mol. The molecule has 3 aliphatic rings. The van der Waals surface area contributed by atoms with Crippen molar-refractivity contribution in [3.63, 3.8) is 0 Å².